The summed E-state index contributed by atoms with van der Waals surface area (Å²) in [5.41, 5.74) is 1.05. The maximum absolute atomic E-state index is 12.2. The Balaban J connectivity index is 1.93. The maximum atomic E-state index is 12.2. The normalized spacial score (nSPS) is 18.6. The zero-order chi connectivity index (χ0) is 13.7. The molecule has 1 aromatic rings. The number of aliphatic hydroxyl groups excluding tert-OH is 1. The summed E-state index contributed by atoms with van der Waals surface area (Å²) in [6.07, 6.45) is 3.05. The van der Waals surface area contributed by atoms with E-state index in [-0.39, 0.29) is 18.6 Å². The zero-order valence-electron chi connectivity index (χ0n) is 11.3. The molecule has 1 atom stereocenters. The van der Waals surface area contributed by atoms with Gasteiger partial charge in [-0.25, -0.2) is 0 Å². The van der Waals surface area contributed by atoms with Gasteiger partial charge in [-0.15, -0.1) is 0 Å². The molecule has 1 aliphatic heterocycles. The van der Waals surface area contributed by atoms with Crippen molar-refractivity contribution in [2.24, 2.45) is 0 Å². The minimum Gasteiger partial charge on any atom is -0.496 e. The number of ether oxygens (including phenoxy) is 1. The fourth-order valence-corrected chi connectivity index (χ4v) is 2.65. The first-order valence-corrected chi connectivity index (χ1v) is 6.78. The lowest BCUT2D eigenvalue weighted by Crippen LogP contribution is -2.37. The Morgan fingerprint density at radius 1 is 1.47 bits per heavy atom. The Morgan fingerprint density at radius 2 is 2.26 bits per heavy atom. The second-order valence-corrected chi connectivity index (χ2v) is 4.88. The van der Waals surface area contributed by atoms with E-state index in [4.69, 9.17) is 4.74 Å². The van der Waals surface area contributed by atoms with E-state index in [0.29, 0.717) is 12.8 Å². The van der Waals surface area contributed by atoms with Crippen molar-refractivity contribution in [1.29, 1.82) is 0 Å². The molecule has 1 saturated heterocycles. The summed E-state index contributed by atoms with van der Waals surface area (Å²) < 4.78 is 5.28. The number of benzene rings is 1. The molecule has 1 aromatic carbocycles. The molecule has 0 unspecified atom stereocenters. The molecule has 4 nitrogen and oxygen atoms in total. The first-order chi connectivity index (χ1) is 9.26. The highest BCUT2D eigenvalue weighted by molar-refractivity contribution is 5.77. The van der Waals surface area contributed by atoms with Crippen LogP contribution in [0.2, 0.25) is 0 Å². The Bertz CT molecular complexity index is 433. The van der Waals surface area contributed by atoms with Crippen molar-refractivity contribution < 1.29 is 14.6 Å². The van der Waals surface area contributed by atoms with Crippen LogP contribution in [0.15, 0.2) is 24.3 Å². The number of amides is 1. The lowest BCUT2D eigenvalue weighted by Gasteiger charge is -2.23. The van der Waals surface area contributed by atoms with Gasteiger partial charge >= 0.3 is 0 Å². The Hall–Kier alpha value is -1.55. The standard InChI is InChI=1S/C15H21NO3/c1-19-14-7-3-2-5-12(14)8-9-15(18)16-10-4-6-13(16)11-17/h2-3,5,7,13,17H,4,6,8-11H2,1H3/t13-/m1/s1. The highest BCUT2D eigenvalue weighted by atomic mass is 16.5. The number of methoxy groups -OCH3 is 1. The number of aliphatic hydroxyl groups is 1. The van der Waals surface area contributed by atoms with Gasteiger partial charge in [-0.2, -0.15) is 0 Å². The largest absolute Gasteiger partial charge is 0.496 e. The van der Waals surface area contributed by atoms with Crippen molar-refractivity contribution in [3.05, 3.63) is 29.8 Å². The number of nitrogens with zero attached hydrogens (tertiary/aromatic N) is 1. The van der Waals surface area contributed by atoms with Gasteiger partial charge in [-0.3, -0.25) is 4.79 Å². The number of hydrogen-bond donors (Lipinski definition) is 1. The van der Waals surface area contributed by atoms with E-state index < -0.39 is 0 Å². The third-order valence-corrected chi connectivity index (χ3v) is 3.71. The Kier molecular flexibility index (Phi) is 4.80. The van der Waals surface area contributed by atoms with Crippen molar-refractivity contribution in [2.45, 2.75) is 31.7 Å². The molecule has 1 fully saturated rings. The number of rotatable bonds is 5. The lowest BCUT2D eigenvalue weighted by molar-refractivity contribution is -0.132. The summed E-state index contributed by atoms with van der Waals surface area (Å²) >= 11 is 0. The average Bonchev–Trinajstić information content (AvgIpc) is 2.93. The highest BCUT2D eigenvalue weighted by Crippen LogP contribution is 2.21. The van der Waals surface area contributed by atoms with E-state index in [2.05, 4.69) is 0 Å². The van der Waals surface area contributed by atoms with Crippen molar-refractivity contribution >= 4 is 5.91 Å². The summed E-state index contributed by atoms with van der Waals surface area (Å²) in [7, 11) is 1.64. The predicted molar refractivity (Wildman–Crippen MR) is 73.1 cm³/mol. The number of aryl methyl sites for hydroxylation is 1. The summed E-state index contributed by atoms with van der Waals surface area (Å²) in [6.45, 7) is 0.844. The molecule has 104 valence electrons. The molecule has 19 heavy (non-hydrogen) atoms. The Labute approximate surface area is 114 Å². The third-order valence-electron chi connectivity index (χ3n) is 3.71. The van der Waals surface area contributed by atoms with Crippen molar-refractivity contribution in [3.8, 4) is 5.75 Å². The molecule has 0 spiro atoms. The molecule has 1 aliphatic rings. The first-order valence-electron chi connectivity index (χ1n) is 6.78. The van der Waals surface area contributed by atoms with Crippen LogP contribution in [0.3, 0.4) is 0 Å². The third kappa shape index (κ3) is 3.26. The van der Waals surface area contributed by atoms with Gasteiger partial charge in [0.25, 0.3) is 0 Å². The second-order valence-electron chi connectivity index (χ2n) is 4.88. The summed E-state index contributed by atoms with van der Waals surface area (Å²) in [5.74, 6) is 0.956. The van der Waals surface area contributed by atoms with Gasteiger partial charge in [-0.05, 0) is 30.9 Å². The van der Waals surface area contributed by atoms with Crippen LogP contribution >= 0.6 is 0 Å². The summed E-state index contributed by atoms with van der Waals surface area (Å²) in [5, 5.41) is 9.24. The quantitative estimate of drug-likeness (QED) is 0.878. The summed E-state index contributed by atoms with van der Waals surface area (Å²) in [4.78, 5) is 14.0. The van der Waals surface area contributed by atoms with Gasteiger partial charge in [0.15, 0.2) is 0 Å². The van der Waals surface area contributed by atoms with E-state index in [0.717, 1.165) is 30.7 Å². The molecule has 0 aromatic heterocycles. The maximum Gasteiger partial charge on any atom is 0.223 e. The predicted octanol–water partition coefficient (Wildman–Crippen LogP) is 1.61. The smallest absolute Gasteiger partial charge is 0.223 e. The minimum absolute atomic E-state index is 0.0187. The van der Waals surface area contributed by atoms with Gasteiger partial charge in [0, 0.05) is 13.0 Å². The van der Waals surface area contributed by atoms with Crippen LogP contribution in [0.1, 0.15) is 24.8 Å². The molecule has 1 amide bonds. The van der Waals surface area contributed by atoms with Crippen LogP contribution in [-0.2, 0) is 11.2 Å². The monoisotopic (exact) mass is 263 g/mol. The van der Waals surface area contributed by atoms with Crippen LogP contribution in [0.5, 0.6) is 5.75 Å². The fourth-order valence-electron chi connectivity index (χ4n) is 2.65. The Morgan fingerprint density at radius 3 is 3.00 bits per heavy atom. The van der Waals surface area contributed by atoms with Gasteiger partial charge in [0.2, 0.25) is 5.91 Å². The number of carbonyl (C=O) groups is 1. The molecular formula is C15H21NO3. The number of hydrogen-bond acceptors (Lipinski definition) is 3. The van der Waals surface area contributed by atoms with Crippen molar-refractivity contribution in [1.82, 2.24) is 4.90 Å². The van der Waals surface area contributed by atoms with Crippen molar-refractivity contribution in [3.63, 3.8) is 0 Å². The molecular weight excluding hydrogens is 242 g/mol. The first kappa shape index (κ1) is 13.9. The SMILES string of the molecule is COc1ccccc1CCC(=O)N1CCC[C@@H]1CO. The number of para-hydroxylation sites is 1. The zero-order valence-corrected chi connectivity index (χ0v) is 11.3. The van der Waals surface area contributed by atoms with Gasteiger partial charge < -0.3 is 14.7 Å². The van der Waals surface area contributed by atoms with Gasteiger partial charge in [-0.1, -0.05) is 18.2 Å². The summed E-state index contributed by atoms with van der Waals surface area (Å²) in [6, 6.07) is 7.79. The van der Waals surface area contributed by atoms with E-state index in [1.807, 2.05) is 29.2 Å². The van der Waals surface area contributed by atoms with Gasteiger partial charge in [0.05, 0.1) is 19.8 Å². The van der Waals surface area contributed by atoms with E-state index in [1.54, 1.807) is 7.11 Å². The minimum atomic E-state index is 0.0187. The van der Waals surface area contributed by atoms with Crippen LogP contribution in [0.25, 0.3) is 0 Å². The van der Waals surface area contributed by atoms with Crippen molar-refractivity contribution in [2.75, 3.05) is 20.3 Å². The highest BCUT2D eigenvalue weighted by Gasteiger charge is 2.27. The molecule has 1 N–H and O–H groups in total. The number of carbonyl (C=O) groups excluding carboxylic acids is 1. The van der Waals surface area contributed by atoms with Crippen LogP contribution in [0, 0.1) is 0 Å². The molecule has 2 rings (SSSR count). The van der Waals surface area contributed by atoms with Gasteiger partial charge in [0.1, 0.15) is 5.75 Å². The average molecular weight is 263 g/mol. The molecule has 0 aliphatic carbocycles. The lowest BCUT2D eigenvalue weighted by atomic mass is 10.1. The molecule has 0 saturated carbocycles. The molecule has 0 bridgehead atoms. The van der Waals surface area contributed by atoms with E-state index in [9.17, 15) is 9.90 Å². The second kappa shape index (κ2) is 6.57. The fraction of sp³-hybridized carbons (Fsp3) is 0.533. The molecule has 1 heterocycles. The van der Waals surface area contributed by atoms with Crippen LogP contribution in [0.4, 0.5) is 0 Å². The number of likely N-dealkylation sites (tertiary alicyclic amines) is 1. The molecule has 4 heteroatoms. The van der Waals surface area contributed by atoms with Crippen LogP contribution in [-0.4, -0.2) is 42.2 Å². The van der Waals surface area contributed by atoms with E-state index in [1.165, 1.54) is 0 Å². The van der Waals surface area contributed by atoms with Crippen LogP contribution < -0.4 is 4.74 Å². The van der Waals surface area contributed by atoms with E-state index >= 15 is 0 Å². The molecule has 0 radical (unpaired) electrons. The topological polar surface area (TPSA) is 49.8 Å².